The maximum Gasteiger partial charge on any atom is 0.251 e. The fraction of sp³-hybridized carbons (Fsp3) is 0.588. The van der Waals surface area contributed by atoms with E-state index >= 15 is 0 Å². The summed E-state index contributed by atoms with van der Waals surface area (Å²) in [5, 5.41) is 11.5. The first-order valence-electron chi connectivity index (χ1n) is 8.46. The zero-order valence-electron chi connectivity index (χ0n) is 14.1. The van der Waals surface area contributed by atoms with Crippen molar-refractivity contribution < 1.29 is 4.79 Å². The first-order chi connectivity index (χ1) is 11.1. The van der Waals surface area contributed by atoms with Crippen molar-refractivity contribution in [1.82, 2.24) is 25.2 Å². The lowest BCUT2D eigenvalue weighted by molar-refractivity contribution is 0.0906. The predicted octanol–water partition coefficient (Wildman–Crippen LogP) is 2.23. The third-order valence-corrected chi connectivity index (χ3v) is 4.51. The van der Waals surface area contributed by atoms with Crippen molar-refractivity contribution in [3.05, 3.63) is 23.8 Å². The van der Waals surface area contributed by atoms with E-state index in [1.54, 1.807) is 0 Å². The van der Waals surface area contributed by atoms with E-state index < -0.39 is 0 Å². The Labute approximate surface area is 136 Å². The minimum Gasteiger partial charge on any atom is -0.348 e. The van der Waals surface area contributed by atoms with Gasteiger partial charge < -0.3 is 10.2 Å². The van der Waals surface area contributed by atoms with Gasteiger partial charge in [-0.05, 0) is 58.0 Å². The largest absolute Gasteiger partial charge is 0.348 e. The molecule has 1 atom stereocenters. The minimum absolute atomic E-state index is 0.0195. The van der Waals surface area contributed by atoms with Crippen molar-refractivity contribution in [2.24, 2.45) is 0 Å². The van der Waals surface area contributed by atoms with Gasteiger partial charge in [-0.25, -0.2) is 4.68 Å². The van der Waals surface area contributed by atoms with E-state index in [0.29, 0.717) is 5.56 Å². The lowest BCUT2D eigenvalue weighted by Crippen LogP contribution is -2.47. The number of nitrogens with zero attached hydrogens (tertiary/aromatic N) is 4. The molecule has 0 bridgehead atoms. The second-order valence-electron chi connectivity index (χ2n) is 6.54. The Hall–Kier alpha value is -1.95. The molecule has 6 nitrogen and oxygen atoms in total. The number of hydrogen-bond donors (Lipinski definition) is 1. The molecule has 0 radical (unpaired) electrons. The van der Waals surface area contributed by atoms with Crippen molar-refractivity contribution in [2.75, 3.05) is 19.6 Å². The molecule has 6 heteroatoms. The maximum atomic E-state index is 12.5. The average Bonchev–Trinajstić information content (AvgIpc) is 2.98. The van der Waals surface area contributed by atoms with Crippen LogP contribution in [-0.2, 0) is 0 Å². The Morgan fingerprint density at radius 3 is 3.00 bits per heavy atom. The second kappa shape index (κ2) is 6.66. The molecule has 1 fully saturated rings. The number of carbonyl (C=O) groups is 1. The van der Waals surface area contributed by atoms with Gasteiger partial charge in [-0.2, -0.15) is 0 Å². The molecule has 0 spiro atoms. The van der Waals surface area contributed by atoms with Gasteiger partial charge in [0.1, 0.15) is 5.52 Å². The fourth-order valence-electron chi connectivity index (χ4n) is 3.19. The summed E-state index contributed by atoms with van der Waals surface area (Å²) in [7, 11) is 0. The Morgan fingerprint density at radius 1 is 1.43 bits per heavy atom. The molecule has 1 amide bonds. The van der Waals surface area contributed by atoms with Gasteiger partial charge in [0, 0.05) is 24.2 Å². The Bertz CT molecular complexity index is 693. The number of piperidine rings is 1. The van der Waals surface area contributed by atoms with E-state index in [1.165, 1.54) is 0 Å². The molecule has 1 aromatic carbocycles. The molecule has 1 saturated heterocycles. The van der Waals surface area contributed by atoms with Crippen LogP contribution >= 0.6 is 0 Å². The molecular weight excluding hydrogens is 290 g/mol. The number of fused-ring (bicyclic) bond motifs is 1. The van der Waals surface area contributed by atoms with Gasteiger partial charge in [0.15, 0.2) is 0 Å². The van der Waals surface area contributed by atoms with Crippen molar-refractivity contribution in [2.45, 2.75) is 45.7 Å². The van der Waals surface area contributed by atoms with Gasteiger partial charge in [0.2, 0.25) is 0 Å². The van der Waals surface area contributed by atoms with E-state index in [1.807, 2.05) is 22.9 Å². The molecule has 23 heavy (non-hydrogen) atoms. The average molecular weight is 315 g/mol. The number of rotatable bonds is 4. The SMILES string of the molecule is CCN1CCCC(NC(=O)c2ccc3c(c2)nnn3C(C)C)C1. The van der Waals surface area contributed by atoms with Crippen molar-refractivity contribution in [3.8, 4) is 0 Å². The number of nitrogens with one attached hydrogen (secondary N) is 1. The zero-order chi connectivity index (χ0) is 16.4. The normalized spacial score (nSPS) is 19.4. The predicted molar refractivity (Wildman–Crippen MR) is 90.5 cm³/mol. The molecule has 1 aromatic heterocycles. The number of aromatic nitrogens is 3. The summed E-state index contributed by atoms with van der Waals surface area (Å²) in [6.07, 6.45) is 2.19. The Morgan fingerprint density at radius 2 is 2.26 bits per heavy atom. The van der Waals surface area contributed by atoms with E-state index in [9.17, 15) is 4.79 Å². The molecule has 2 aromatic rings. The van der Waals surface area contributed by atoms with Crippen molar-refractivity contribution in [1.29, 1.82) is 0 Å². The topological polar surface area (TPSA) is 63.1 Å². The highest BCUT2D eigenvalue weighted by Crippen LogP contribution is 2.17. The highest BCUT2D eigenvalue weighted by Gasteiger charge is 2.21. The fourth-order valence-corrected chi connectivity index (χ4v) is 3.19. The van der Waals surface area contributed by atoms with E-state index in [4.69, 9.17) is 0 Å². The van der Waals surface area contributed by atoms with Crippen LogP contribution in [0, 0.1) is 0 Å². The molecule has 1 N–H and O–H groups in total. The van der Waals surface area contributed by atoms with Crippen molar-refractivity contribution in [3.63, 3.8) is 0 Å². The monoisotopic (exact) mass is 315 g/mol. The number of carbonyl (C=O) groups excluding carboxylic acids is 1. The molecule has 3 rings (SSSR count). The number of likely N-dealkylation sites (N-methyl/N-ethyl adjacent to an activating group) is 1. The van der Waals surface area contributed by atoms with E-state index in [2.05, 4.69) is 41.3 Å². The quantitative estimate of drug-likeness (QED) is 0.940. The molecular formula is C17H25N5O. The Kier molecular flexibility index (Phi) is 4.61. The van der Waals surface area contributed by atoms with Gasteiger partial charge in [-0.3, -0.25) is 4.79 Å². The Balaban J connectivity index is 1.73. The summed E-state index contributed by atoms with van der Waals surface area (Å²) >= 11 is 0. The van der Waals surface area contributed by atoms with Gasteiger partial charge >= 0.3 is 0 Å². The molecule has 1 aliphatic rings. The van der Waals surface area contributed by atoms with Crippen LogP contribution in [0.5, 0.6) is 0 Å². The highest BCUT2D eigenvalue weighted by molar-refractivity contribution is 5.97. The molecule has 0 aliphatic carbocycles. The van der Waals surface area contributed by atoms with Crippen LogP contribution in [0.2, 0.25) is 0 Å². The third kappa shape index (κ3) is 3.37. The van der Waals surface area contributed by atoms with Crippen LogP contribution in [0.4, 0.5) is 0 Å². The zero-order valence-corrected chi connectivity index (χ0v) is 14.1. The molecule has 1 aliphatic heterocycles. The first-order valence-corrected chi connectivity index (χ1v) is 8.46. The van der Waals surface area contributed by atoms with Crippen LogP contribution in [0.25, 0.3) is 11.0 Å². The lowest BCUT2D eigenvalue weighted by atomic mass is 10.0. The molecule has 2 heterocycles. The molecule has 1 unspecified atom stereocenters. The summed E-state index contributed by atoms with van der Waals surface area (Å²) in [6.45, 7) is 9.41. The van der Waals surface area contributed by atoms with E-state index in [-0.39, 0.29) is 18.0 Å². The number of amides is 1. The van der Waals surface area contributed by atoms with Crippen LogP contribution in [0.15, 0.2) is 18.2 Å². The first kappa shape index (κ1) is 15.9. The van der Waals surface area contributed by atoms with Crippen LogP contribution in [-0.4, -0.2) is 51.5 Å². The van der Waals surface area contributed by atoms with Crippen LogP contribution in [0.3, 0.4) is 0 Å². The van der Waals surface area contributed by atoms with Gasteiger partial charge in [0.05, 0.1) is 5.52 Å². The molecule has 0 saturated carbocycles. The van der Waals surface area contributed by atoms with Crippen molar-refractivity contribution >= 4 is 16.9 Å². The minimum atomic E-state index is -0.0195. The summed E-state index contributed by atoms with van der Waals surface area (Å²) in [6, 6.07) is 6.11. The summed E-state index contributed by atoms with van der Waals surface area (Å²) in [4.78, 5) is 14.9. The highest BCUT2D eigenvalue weighted by atomic mass is 16.1. The molecule has 124 valence electrons. The number of likely N-dealkylation sites (tertiary alicyclic amines) is 1. The lowest BCUT2D eigenvalue weighted by Gasteiger charge is -2.32. The summed E-state index contributed by atoms with van der Waals surface area (Å²) in [5.41, 5.74) is 2.39. The number of hydrogen-bond acceptors (Lipinski definition) is 4. The van der Waals surface area contributed by atoms with Gasteiger partial charge in [0.25, 0.3) is 5.91 Å². The third-order valence-electron chi connectivity index (χ3n) is 4.51. The summed E-state index contributed by atoms with van der Waals surface area (Å²) in [5.74, 6) is -0.0195. The second-order valence-corrected chi connectivity index (χ2v) is 6.54. The smallest absolute Gasteiger partial charge is 0.251 e. The number of benzene rings is 1. The summed E-state index contributed by atoms with van der Waals surface area (Å²) < 4.78 is 1.87. The maximum absolute atomic E-state index is 12.5. The standard InChI is InChI=1S/C17H25N5O/c1-4-21-9-5-6-14(11-21)18-17(23)13-7-8-16-15(10-13)19-20-22(16)12(2)3/h7-8,10,12,14H,4-6,9,11H2,1-3H3,(H,18,23). The van der Waals surface area contributed by atoms with Gasteiger partial charge in [-0.1, -0.05) is 12.1 Å². The van der Waals surface area contributed by atoms with Gasteiger partial charge in [-0.15, -0.1) is 5.10 Å². The van der Waals surface area contributed by atoms with Crippen LogP contribution in [0.1, 0.15) is 50.0 Å². The van der Waals surface area contributed by atoms with E-state index in [0.717, 1.165) is 43.5 Å². The van der Waals surface area contributed by atoms with Crippen LogP contribution < -0.4 is 5.32 Å².